The minimum atomic E-state index is -3.53. The number of pyridine rings is 1. The van der Waals surface area contributed by atoms with Crippen molar-refractivity contribution in [3.63, 3.8) is 0 Å². The standard InChI is InChI=1S/C8H12BrN3O2S/c1-6(2)11-15(13,14)12-8-5-7(9)3-4-10-8/h3-6,11H,1-2H3,(H,10,12). The maximum atomic E-state index is 11.4. The van der Waals surface area contributed by atoms with E-state index >= 15 is 0 Å². The molecule has 0 bridgehead atoms. The van der Waals surface area contributed by atoms with E-state index in [0.29, 0.717) is 0 Å². The highest BCUT2D eigenvalue weighted by Gasteiger charge is 2.11. The predicted molar refractivity (Wildman–Crippen MR) is 62.8 cm³/mol. The van der Waals surface area contributed by atoms with E-state index < -0.39 is 10.2 Å². The van der Waals surface area contributed by atoms with Gasteiger partial charge in [0, 0.05) is 16.7 Å². The van der Waals surface area contributed by atoms with Gasteiger partial charge < -0.3 is 0 Å². The molecule has 0 aliphatic rings. The summed E-state index contributed by atoms with van der Waals surface area (Å²) in [4.78, 5) is 3.87. The molecule has 0 saturated heterocycles. The lowest BCUT2D eigenvalue weighted by molar-refractivity contribution is 0.575. The Morgan fingerprint density at radius 3 is 2.67 bits per heavy atom. The molecule has 5 nitrogen and oxygen atoms in total. The highest BCUT2D eigenvalue weighted by atomic mass is 79.9. The monoisotopic (exact) mass is 293 g/mol. The molecule has 0 unspecified atom stereocenters. The number of halogens is 1. The first-order valence-corrected chi connectivity index (χ1v) is 6.58. The van der Waals surface area contributed by atoms with Gasteiger partial charge in [-0.15, -0.1) is 0 Å². The van der Waals surface area contributed by atoms with Crippen LogP contribution in [0.4, 0.5) is 5.82 Å². The van der Waals surface area contributed by atoms with Gasteiger partial charge in [0.1, 0.15) is 5.82 Å². The first-order valence-electron chi connectivity index (χ1n) is 4.31. The van der Waals surface area contributed by atoms with Crippen molar-refractivity contribution in [2.45, 2.75) is 19.9 Å². The van der Waals surface area contributed by atoms with Crippen LogP contribution in [0.15, 0.2) is 22.8 Å². The summed E-state index contributed by atoms with van der Waals surface area (Å²) in [5.74, 6) is 0.275. The quantitative estimate of drug-likeness (QED) is 0.884. The lowest BCUT2D eigenvalue weighted by Crippen LogP contribution is -2.35. The van der Waals surface area contributed by atoms with Gasteiger partial charge in [-0.3, -0.25) is 4.72 Å². The van der Waals surface area contributed by atoms with E-state index in [9.17, 15) is 8.42 Å². The van der Waals surface area contributed by atoms with Gasteiger partial charge in [0.2, 0.25) is 0 Å². The van der Waals surface area contributed by atoms with Crippen LogP contribution in [0.3, 0.4) is 0 Å². The van der Waals surface area contributed by atoms with E-state index in [2.05, 4.69) is 30.4 Å². The fourth-order valence-corrected chi connectivity index (χ4v) is 2.34. The van der Waals surface area contributed by atoms with Crippen molar-refractivity contribution in [3.8, 4) is 0 Å². The molecule has 7 heteroatoms. The molecule has 0 saturated carbocycles. The van der Waals surface area contributed by atoms with E-state index in [1.165, 1.54) is 6.20 Å². The third kappa shape index (κ3) is 4.59. The smallest absolute Gasteiger partial charge is 0.255 e. The summed E-state index contributed by atoms with van der Waals surface area (Å²) in [7, 11) is -3.53. The highest BCUT2D eigenvalue weighted by molar-refractivity contribution is 9.10. The molecule has 0 spiro atoms. The lowest BCUT2D eigenvalue weighted by Gasteiger charge is -2.10. The average Bonchev–Trinajstić information content (AvgIpc) is 1.99. The van der Waals surface area contributed by atoms with Gasteiger partial charge in [-0.2, -0.15) is 13.1 Å². The number of hydrogen-bond donors (Lipinski definition) is 2. The van der Waals surface area contributed by atoms with Gasteiger partial charge in [-0.05, 0) is 26.0 Å². The maximum Gasteiger partial charge on any atom is 0.300 e. The number of anilines is 1. The summed E-state index contributed by atoms with van der Waals surface area (Å²) in [6.45, 7) is 3.49. The van der Waals surface area contributed by atoms with Crippen molar-refractivity contribution in [1.82, 2.24) is 9.71 Å². The Balaban J connectivity index is 2.78. The molecule has 0 atom stereocenters. The topological polar surface area (TPSA) is 71.1 Å². The van der Waals surface area contributed by atoms with Crippen LogP contribution in [0.1, 0.15) is 13.8 Å². The minimum absolute atomic E-state index is 0.158. The zero-order chi connectivity index (χ0) is 11.5. The number of rotatable bonds is 4. The van der Waals surface area contributed by atoms with Gasteiger partial charge in [0.25, 0.3) is 10.2 Å². The molecule has 0 radical (unpaired) electrons. The fraction of sp³-hybridized carbons (Fsp3) is 0.375. The summed E-state index contributed by atoms with van der Waals surface area (Å²) in [5.41, 5.74) is 0. The van der Waals surface area contributed by atoms with Crippen molar-refractivity contribution in [1.29, 1.82) is 0 Å². The summed E-state index contributed by atoms with van der Waals surface area (Å²) >= 11 is 3.23. The molecule has 1 aromatic heterocycles. The maximum absolute atomic E-state index is 11.4. The van der Waals surface area contributed by atoms with E-state index in [0.717, 1.165) is 4.47 Å². The zero-order valence-corrected chi connectivity index (χ0v) is 10.8. The molecule has 1 heterocycles. The SMILES string of the molecule is CC(C)NS(=O)(=O)Nc1cc(Br)ccn1. The Hall–Kier alpha value is -0.660. The van der Waals surface area contributed by atoms with Crippen molar-refractivity contribution in [3.05, 3.63) is 22.8 Å². The predicted octanol–water partition coefficient (Wildman–Crippen LogP) is 1.50. The van der Waals surface area contributed by atoms with Gasteiger partial charge in [0.15, 0.2) is 0 Å². The van der Waals surface area contributed by atoms with Crippen LogP contribution in [0, 0.1) is 0 Å². The molecule has 84 valence electrons. The first kappa shape index (κ1) is 12.4. The number of nitrogens with one attached hydrogen (secondary N) is 2. The van der Waals surface area contributed by atoms with Crippen LogP contribution in [-0.4, -0.2) is 19.4 Å². The number of aromatic nitrogens is 1. The molecule has 0 aliphatic heterocycles. The Bertz CT molecular complexity index is 433. The molecular weight excluding hydrogens is 282 g/mol. The van der Waals surface area contributed by atoms with Crippen LogP contribution >= 0.6 is 15.9 Å². The van der Waals surface area contributed by atoms with E-state index in [-0.39, 0.29) is 11.9 Å². The van der Waals surface area contributed by atoms with Crippen LogP contribution in [-0.2, 0) is 10.2 Å². The Labute approximate surface area is 97.6 Å². The van der Waals surface area contributed by atoms with Crippen molar-refractivity contribution < 1.29 is 8.42 Å². The Kier molecular flexibility index (Phi) is 4.06. The lowest BCUT2D eigenvalue weighted by atomic mass is 10.4. The third-order valence-corrected chi connectivity index (χ3v) is 3.10. The van der Waals surface area contributed by atoms with Gasteiger partial charge in [-0.25, -0.2) is 4.98 Å². The second-order valence-corrected chi connectivity index (χ2v) is 5.60. The van der Waals surface area contributed by atoms with E-state index in [4.69, 9.17) is 0 Å². The molecule has 1 aromatic rings. The molecule has 1 rings (SSSR count). The Morgan fingerprint density at radius 1 is 1.47 bits per heavy atom. The van der Waals surface area contributed by atoms with Crippen LogP contribution < -0.4 is 9.44 Å². The zero-order valence-electron chi connectivity index (χ0n) is 8.36. The third-order valence-electron chi connectivity index (χ3n) is 1.35. The molecule has 15 heavy (non-hydrogen) atoms. The van der Waals surface area contributed by atoms with E-state index in [1.54, 1.807) is 26.0 Å². The van der Waals surface area contributed by atoms with E-state index in [1.807, 2.05) is 0 Å². The summed E-state index contributed by atoms with van der Waals surface area (Å²) in [6, 6.07) is 3.14. The molecular formula is C8H12BrN3O2S. The van der Waals surface area contributed by atoms with Crippen LogP contribution in [0.25, 0.3) is 0 Å². The van der Waals surface area contributed by atoms with Crippen LogP contribution in [0.2, 0.25) is 0 Å². The first-order chi connectivity index (χ1) is 6.89. The number of nitrogens with zero attached hydrogens (tertiary/aromatic N) is 1. The average molecular weight is 294 g/mol. The van der Waals surface area contributed by atoms with Crippen LogP contribution in [0.5, 0.6) is 0 Å². The van der Waals surface area contributed by atoms with Gasteiger partial charge in [0.05, 0.1) is 0 Å². The normalized spacial score (nSPS) is 11.7. The Morgan fingerprint density at radius 2 is 2.13 bits per heavy atom. The van der Waals surface area contributed by atoms with Crippen molar-refractivity contribution in [2.75, 3.05) is 4.72 Å². The molecule has 2 N–H and O–H groups in total. The second-order valence-electron chi connectivity index (χ2n) is 3.24. The fourth-order valence-electron chi connectivity index (χ4n) is 0.938. The summed E-state index contributed by atoms with van der Waals surface area (Å²) in [5, 5.41) is 0. The molecule has 0 aromatic carbocycles. The summed E-state index contributed by atoms with van der Waals surface area (Å²) in [6.07, 6.45) is 1.51. The minimum Gasteiger partial charge on any atom is -0.255 e. The second kappa shape index (κ2) is 4.91. The van der Waals surface area contributed by atoms with Gasteiger partial charge in [-0.1, -0.05) is 15.9 Å². The number of hydrogen-bond acceptors (Lipinski definition) is 3. The van der Waals surface area contributed by atoms with Gasteiger partial charge >= 0.3 is 0 Å². The highest BCUT2D eigenvalue weighted by Crippen LogP contribution is 2.13. The van der Waals surface area contributed by atoms with Crippen molar-refractivity contribution in [2.24, 2.45) is 0 Å². The molecule has 0 fully saturated rings. The van der Waals surface area contributed by atoms with Crippen molar-refractivity contribution >= 4 is 32.0 Å². The molecule has 0 amide bonds. The summed E-state index contributed by atoms with van der Waals surface area (Å²) < 4.78 is 28.4. The molecule has 0 aliphatic carbocycles. The largest absolute Gasteiger partial charge is 0.300 e.